The average Bonchev–Trinajstić information content (AvgIpc) is 2.85. The molecule has 0 fully saturated rings. The molecular formula is C14H17N3OS. The molecular weight excluding hydrogens is 258 g/mol. The molecule has 0 N–H and O–H groups in total. The molecule has 0 atom stereocenters. The smallest absolute Gasteiger partial charge is 0.186 e. The van der Waals surface area contributed by atoms with Crippen LogP contribution in [0.15, 0.2) is 24.4 Å². The number of aromatic nitrogens is 2. The molecule has 2 heterocycles. The molecule has 0 saturated carbocycles. The van der Waals surface area contributed by atoms with Crippen LogP contribution in [0.5, 0.6) is 0 Å². The second-order valence-corrected chi connectivity index (χ2v) is 5.36. The SMILES string of the molecule is CCN(Cc1cccc(C)n1)c1ncc(C(C)=O)s1. The number of carbonyl (C=O) groups excluding carboxylic acids is 1. The van der Waals surface area contributed by atoms with Crippen LogP contribution in [0.2, 0.25) is 0 Å². The van der Waals surface area contributed by atoms with Gasteiger partial charge in [0.15, 0.2) is 10.9 Å². The number of pyridine rings is 1. The van der Waals surface area contributed by atoms with Crippen LogP contribution < -0.4 is 4.90 Å². The van der Waals surface area contributed by atoms with Crippen molar-refractivity contribution < 1.29 is 4.79 Å². The molecule has 19 heavy (non-hydrogen) atoms. The number of anilines is 1. The lowest BCUT2D eigenvalue weighted by molar-refractivity contribution is 0.102. The van der Waals surface area contributed by atoms with E-state index in [0.29, 0.717) is 11.4 Å². The Bertz CT molecular complexity index is 580. The summed E-state index contributed by atoms with van der Waals surface area (Å²) in [6.07, 6.45) is 1.65. The highest BCUT2D eigenvalue weighted by Gasteiger charge is 2.12. The predicted octanol–water partition coefficient (Wildman–Crippen LogP) is 3.08. The first-order chi connectivity index (χ1) is 9.10. The first kappa shape index (κ1) is 13.7. The Hall–Kier alpha value is -1.75. The molecule has 0 unspecified atom stereocenters. The van der Waals surface area contributed by atoms with Gasteiger partial charge in [-0.05, 0) is 26.0 Å². The van der Waals surface area contributed by atoms with Crippen LogP contribution in [0, 0.1) is 6.92 Å². The first-order valence-corrected chi connectivity index (χ1v) is 7.06. The van der Waals surface area contributed by atoms with Crippen molar-refractivity contribution in [3.63, 3.8) is 0 Å². The topological polar surface area (TPSA) is 46.1 Å². The number of Topliss-reactive ketones (excluding diaryl/α,β-unsaturated/α-hetero) is 1. The molecule has 0 aliphatic carbocycles. The number of aryl methyl sites for hydroxylation is 1. The van der Waals surface area contributed by atoms with E-state index in [1.54, 1.807) is 13.1 Å². The second-order valence-electron chi connectivity index (χ2n) is 4.35. The van der Waals surface area contributed by atoms with E-state index in [0.717, 1.165) is 23.1 Å². The van der Waals surface area contributed by atoms with Crippen molar-refractivity contribution in [1.82, 2.24) is 9.97 Å². The molecule has 2 rings (SSSR count). The molecule has 2 aromatic rings. The van der Waals surface area contributed by atoms with E-state index in [2.05, 4.69) is 21.8 Å². The number of nitrogens with zero attached hydrogens (tertiary/aromatic N) is 3. The molecule has 0 aliphatic heterocycles. The summed E-state index contributed by atoms with van der Waals surface area (Å²) < 4.78 is 0. The highest BCUT2D eigenvalue weighted by Crippen LogP contribution is 2.24. The number of ketones is 1. The van der Waals surface area contributed by atoms with Crippen LogP contribution in [-0.4, -0.2) is 22.3 Å². The molecule has 0 saturated heterocycles. The van der Waals surface area contributed by atoms with Crippen LogP contribution in [0.25, 0.3) is 0 Å². The summed E-state index contributed by atoms with van der Waals surface area (Å²) in [6, 6.07) is 6.00. The lowest BCUT2D eigenvalue weighted by Crippen LogP contribution is -2.22. The van der Waals surface area contributed by atoms with Gasteiger partial charge >= 0.3 is 0 Å². The predicted molar refractivity (Wildman–Crippen MR) is 77.8 cm³/mol. The van der Waals surface area contributed by atoms with E-state index in [9.17, 15) is 4.79 Å². The number of carbonyl (C=O) groups is 1. The molecule has 0 amide bonds. The van der Waals surface area contributed by atoms with E-state index in [4.69, 9.17) is 0 Å². The third-order valence-corrected chi connectivity index (χ3v) is 3.95. The van der Waals surface area contributed by atoms with Crippen LogP contribution in [0.4, 0.5) is 5.13 Å². The van der Waals surface area contributed by atoms with E-state index < -0.39 is 0 Å². The van der Waals surface area contributed by atoms with Gasteiger partial charge in [0, 0.05) is 19.2 Å². The number of hydrogen-bond donors (Lipinski definition) is 0. The largest absolute Gasteiger partial charge is 0.342 e. The van der Waals surface area contributed by atoms with Crippen LogP contribution in [-0.2, 0) is 6.54 Å². The third-order valence-electron chi connectivity index (χ3n) is 2.79. The third kappa shape index (κ3) is 3.38. The molecule has 0 aliphatic rings. The van der Waals surface area contributed by atoms with E-state index in [-0.39, 0.29) is 5.78 Å². The van der Waals surface area contributed by atoms with E-state index in [1.165, 1.54) is 11.3 Å². The van der Waals surface area contributed by atoms with Gasteiger partial charge in [0.2, 0.25) is 0 Å². The first-order valence-electron chi connectivity index (χ1n) is 6.24. The summed E-state index contributed by atoms with van der Waals surface area (Å²) in [5.74, 6) is 0.0634. The molecule has 0 spiro atoms. The second kappa shape index (κ2) is 5.93. The lowest BCUT2D eigenvalue weighted by Gasteiger charge is -2.19. The molecule has 0 radical (unpaired) electrons. The Morgan fingerprint density at radius 1 is 1.42 bits per heavy atom. The molecule has 2 aromatic heterocycles. The van der Waals surface area contributed by atoms with Gasteiger partial charge in [0.1, 0.15) is 0 Å². The highest BCUT2D eigenvalue weighted by atomic mass is 32.1. The van der Waals surface area contributed by atoms with Crippen molar-refractivity contribution in [2.24, 2.45) is 0 Å². The van der Waals surface area contributed by atoms with Gasteiger partial charge in [-0.1, -0.05) is 17.4 Å². The monoisotopic (exact) mass is 275 g/mol. The van der Waals surface area contributed by atoms with Crippen molar-refractivity contribution in [3.05, 3.63) is 40.7 Å². The highest BCUT2D eigenvalue weighted by molar-refractivity contribution is 7.17. The minimum atomic E-state index is 0.0634. The van der Waals surface area contributed by atoms with Crippen molar-refractivity contribution in [2.75, 3.05) is 11.4 Å². The lowest BCUT2D eigenvalue weighted by atomic mass is 10.3. The number of rotatable bonds is 5. The minimum Gasteiger partial charge on any atom is -0.342 e. The van der Waals surface area contributed by atoms with Gasteiger partial charge in [-0.25, -0.2) is 4.98 Å². The van der Waals surface area contributed by atoms with Gasteiger partial charge in [0.25, 0.3) is 0 Å². The van der Waals surface area contributed by atoms with Gasteiger partial charge in [-0.15, -0.1) is 0 Å². The molecule has 5 heteroatoms. The van der Waals surface area contributed by atoms with E-state index >= 15 is 0 Å². The van der Waals surface area contributed by atoms with Crippen molar-refractivity contribution in [2.45, 2.75) is 27.3 Å². The molecule has 100 valence electrons. The van der Waals surface area contributed by atoms with Crippen molar-refractivity contribution in [3.8, 4) is 0 Å². The van der Waals surface area contributed by atoms with E-state index in [1.807, 2.05) is 25.1 Å². The Labute approximate surface area is 117 Å². The number of thiazole rings is 1. The van der Waals surface area contributed by atoms with Crippen LogP contribution in [0.3, 0.4) is 0 Å². The van der Waals surface area contributed by atoms with Gasteiger partial charge in [-0.3, -0.25) is 9.78 Å². The average molecular weight is 275 g/mol. The van der Waals surface area contributed by atoms with Crippen molar-refractivity contribution >= 4 is 22.3 Å². The zero-order chi connectivity index (χ0) is 13.8. The summed E-state index contributed by atoms with van der Waals surface area (Å²) in [5.41, 5.74) is 2.03. The molecule has 4 nitrogen and oxygen atoms in total. The quantitative estimate of drug-likeness (QED) is 0.787. The fourth-order valence-electron chi connectivity index (χ4n) is 1.77. The normalized spacial score (nSPS) is 10.5. The Kier molecular flexibility index (Phi) is 4.27. The summed E-state index contributed by atoms with van der Waals surface area (Å²) >= 11 is 1.43. The van der Waals surface area contributed by atoms with Crippen LogP contribution >= 0.6 is 11.3 Å². The van der Waals surface area contributed by atoms with Gasteiger partial charge in [-0.2, -0.15) is 0 Å². The Morgan fingerprint density at radius 2 is 2.21 bits per heavy atom. The standard InChI is InChI=1S/C14H17N3OS/c1-4-17(9-12-7-5-6-10(2)16-12)14-15-8-13(19-14)11(3)18/h5-8H,4,9H2,1-3H3. The number of hydrogen-bond acceptors (Lipinski definition) is 5. The van der Waals surface area contributed by atoms with Crippen molar-refractivity contribution in [1.29, 1.82) is 0 Å². The Morgan fingerprint density at radius 3 is 2.79 bits per heavy atom. The summed E-state index contributed by atoms with van der Waals surface area (Å²) in [4.78, 5) is 23.0. The molecule has 0 bridgehead atoms. The fraction of sp³-hybridized carbons (Fsp3) is 0.357. The van der Waals surface area contributed by atoms with Crippen LogP contribution in [0.1, 0.15) is 34.9 Å². The maximum Gasteiger partial charge on any atom is 0.186 e. The summed E-state index contributed by atoms with van der Waals surface area (Å²) in [6.45, 7) is 7.17. The summed E-state index contributed by atoms with van der Waals surface area (Å²) in [5, 5.41) is 0.871. The summed E-state index contributed by atoms with van der Waals surface area (Å²) in [7, 11) is 0. The fourth-order valence-corrected chi connectivity index (χ4v) is 2.65. The maximum absolute atomic E-state index is 11.3. The molecule has 0 aromatic carbocycles. The van der Waals surface area contributed by atoms with Gasteiger partial charge in [0.05, 0.1) is 23.3 Å². The maximum atomic E-state index is 11.3. The zero-order valence-corrected chi connectivity index (χ0v) is 12.2. The minimum absolute atomic E-state index is 0.0634. The van der Waals surface area contributed by atoms with Gasteiger partial charge < -0.3 is 4.90 Å². The zero-order valence-electron chi connectivity index (χ0n) is 11.4. The Balaban J connectivity index is 2.17.